The van der Waals surface area contributed by atoms with E-state index in [1.807, 2.05) is 13.8 Å². The standard InChI is InChI=1S/C13H17ClO3/c1-9(2)8-17-10-3-4-12(15)11(7-10)13(16)5-6-14/h3-4,7,9,15H,5-6,8H2,1-2H3. The van der Waals surface area contributed by atoms with Gasteiger partial charge in [0.05, 0.1) is 12.2 Å². The summed E-state index contributed by atoms with van der Waals surface area (Å²) in [5, 5.41) is 9.59. The van der Waals surface area contributed by atoms with Gasteiger partial charge in [0.2, 0.25) is 0 Å². The number of halogens is 1. The molecule has 94 valence electrons. The first-order valence-electron chi connectivity index (χ1n) is 5.59. The van der Waals surface area contributed by atoms with Crippen molar-refractivity contribution >= 4 is 17.4 Å². The Morgan fingerprint density at radius 3 is 2.76 bits per heavy atom. The van der Waals surface area contributed by atoms with Crippen molar-refractivity contribution in [2.24, 2.45) is 5.92 Å². The van der Waals surface area contributed by atoms with Crippen molar-refractivity contribution in [2.45, 2.75) is 20.3 Å². The normalized spacial score (nSPS) is 10.6. The maximum absolute atomic E-state index is 11.7. The van der Waals surface area contributed by atoms with Gasteiger partial charge in [0.15, 0.2) is 5.78 Å². The Hall–Kier alpha value is -1.22. The van der Waals surface area contributed by atoms with Crippen molar-refractivity contribution in [3.05, 3.63) is 23.8 Å². The number of phenols is 1. The lowest BCUT2D eigenvalue weighted by molar-refractivity contribution is 0.0986. The predicted molar refractivity (Wildman–Crippen MR) is 68.1 cm³/mol. The van der Waals surface area contributed by atoms with Gasteiger partial charge in [-0.05, 0) is 24.1 Å². The number of benzene rings is 1. The summed E-state index contributed by atoms with van der Waals surface area (Å²) in [6, 6.07) is 4.68. The number of hydrogen-bond acceptors (Lipinski definition) is 3. The Kier molecular flexibility index (Phi) is 5.29. The number of Topliss-reactive ketones (excluding diaryl/α,β-unsaturated/α-hetero) is 1. The number of carbonyl (C=O) groups excluding carboxylic acids is 1. The summed E-state index contributed by atoms with van der Waals surface area (Å²) in [5.41, 5.74) is 0.270. The highest BCUT2D eigenvalue weighted by Gasteiger charge is 2.12. The molecule has 0 amide bonds. The topological polar surface area (TPSA) is 46.5 Å². The minimum Gasteiger partial charge on any atom is -0.507 e. The van der Waals surface area contributed by atoms with Crippen LogP contribution in [0.15, 0.2) is 18.2 Å². The fourth-order valence-electron chi connectivity index (χ4n) is 1.31. The largest absolute Gasteiger partial charge is 0.507 e. The van der Waals surface area contributed by atoms with Gasteiger partial charge in [0.25, 0.3) is 0 Å². The van der Waals surface area contributed by atoms with Crippen molar-refractivity contribution in [2.75, 3.05) is 12.5 Å². The summed E-state index contributed by atoms with van der Waals surface area (Å²) >= 11 is 5.51. The molecule has 0 fully saturated rings. The van der Waals surface area contributed by atoms with Gasteiger partial charge in [0, 0.05) is 12.3 Å². The smallest absolute Gasteiger partial charge is 0.167 e. The molecule has 0 bridgehead atoms. The van der Waals surface area contributed by atoms with E-state index in [9.17, 15) is 9.90 Å². The quantitative estimate of drug-likeness (QED) is 0.628. The molecule has 1 aromatic carbocycles. The lowest BCUT2D eigenvalue weighted by Crippen LogP contribution is -2.06. The summed E-state index contributed by atoms with van der Waals surface area (Å²) in [4.78, 5) is 11.7. The Morgan fingerprint density at radius 1 is 1.47 bits per heavy atom. The molecule has 0 heterocycles. The second kappa shape index (κ2) is 6.50. The minimum absolute atomic E-state index is 0.0305. The van der Waals surface area contributed by atoms with Crippen LogP contribution in [0.3, 0.4) is 0 Å². The number of aromatic hydroxyl groups is 1. The fourth-order valence-corrected chi connectivity index (χ4v) is 1.48. The number of carbonyl (C=O) groups is 1. The minimum atomic E-state index is -0.174. The number of ether oxygens (including phenoxy) is 1. The first-order valence-corrected chi connectivity index (χ1v) is 6.13. The zero-order valence-corrected chi connectivity index (χ0v) is 10.8. The van der Waals surface area contributed by atoms with Gasteiger partial charge >= 0.3 is 0 Å². The highest BCUT2D eigenvalue weighted by Crippen LogP contribution is 2.24. The summed E-state index contributed by atoms with van der Waals surface area (Å²) in [6.07, 6.45) is 0.211. The molecule has 0 spiro atoms. The third-order valence-electron chi connectivity index (χ3n) is 2.17. The maximum Gasteiger partial charge on any atom is 0.167 e. The zero-order valence-electron chi connectivity index (χ0n) is 10.1. The Labute approximate surface area is 106 Å². The molecule has 0 saturated carbocycles. The van der Waals surface area contributed by atoms with Crippen LogP contribution in [0, 0.1) is 5.92 Å². The van der Waals surface area contributed by atoms with Crippen LogP contribution in [0.1, 0.15) is 30.6 Å². The van der Waals surface area contributed by atoms with Crippen molar-refractivity contribution in [1.29, 1.82) is 0 Å². The van der Waals surface area contributed by atoms with E-state index in [0.717, 1.165) is 0 Å². The highest BCUT2D eigenvalue weighted by molar-refractivity contribution is 6.19. The molecule has 3 nitrogen and oxygen atoms in total. The van der Waals surface area contributed by atoms with Crippen LogP contribution in [0.4, 0.5) is 0 Å². The van der Waals surface area contributed by atoms with Gasteiger partial charge in [-0.1, -0.05) is 13.8 Å². The van der Waals surface area contributed by atoms with E-state index in [-0.39, 0.29) is 29.4 Å². The molecule has 17 heavy (non-hydrogen) atoms. The van der Waals surface area contributed by atoms with Crippen molar-refractivity contribution in [3.63, 3.8) is 0 Å². The number of alkyl halides is 1. The molecule has 4 heteroatoms. The van der Waals surface area contributed by atoms with Gasteiger partial charge in [0.1, 0.15) is 11.5 Å². The fraction of sp³-hybridized carbons (Fsp3) is 0.462. The molecule has 0 aliphatic carbocycles. The van der Waals surface area contributed by atoms with E-state index in [4.69, 9.17) is 16.3 Å². The van der Waals surface area contributed by atoms with E-state index in [1.54, 1.807) is 12.1 Å². The van der Waals surface area contributed by atoms with Crippen molar-refractivity contribution in [1.82, 2.24) is 0 Å². The van der Waals surface area contributed by atoms with Gasteiger partial charge in [-0.2, -0.15) is 0 Å². The molecule has 0 aliphatic heterocycles. The first kappa shape index (κ1) is 13.8. The number of hydrogen-bond donors (Lipinski definition) is 1. The molecule has 0 radical (unpaired) electrons. The molecule has 0 aromatic heterocycles. The van der Waals surface area contributed by atoms with Crippen molar-refractivity contribution < 1.29 is 14.6 Å². The van der Waals surface area contributed by atoms with Crippen LogP contribution in [0.25, 0.3) is 0 Å². The lowest BCUT2D eigenvalue weighted by atomic mass is 10.1. The second-order valence-corrected chi connectivity index (χ2v) is 4.62. The number of ketones is 1. The SMILES string of the molecule is CC(C)COc1ccc(O)c(C(=O)CCCl)c1. The zero-order chi connectivity index (χ0) is 12.8. The molecule has 0 unspecified atom stereocenters. The molecular weight excluding hydrogens is 240 g/mol. The van der Waals surface area contributed by atoms with Crippen LogP contribution in [-0.4, -0.2) is 23.4 Å². The number of rotatable bonds is 6. The molecule has 0 atom stereocenters. The van der Waals surface area contributed by atoms with E-state index in [1.165, 1.54) is 6.07 Å². The molecule has 1 rings (SSSR count). The van der Waals surface area contributed by atoms with Gasteiger partial charge < -0.3 is 9.84 Å². The maximum atomic E-state index is 11.7. The summed E-state index contributed by atoms with van der Waals surface area (Å²) in [6.45, 7) is 4.66. The summed E-state index contributed by atoms with van der Waals surface area (Å²) < 4.78 is 5.50. The molecule has 0 saturated heterocycles. The third-order valence-corrected chi connectivity index (χ3v) is 2.36. The van der Waals surface area contributed by atoms with Crippen LogP contribution >= 0.6 is 11.6 Å². The molecule has 1 aromatic rings. The van der Waals surface area contributed by atoms with E-state index >= 15 is 0 Å². The summed E-state index contributed by atoms with van der Waals surface area (Å²) in [7, 11) is 0. The Balaban J connectivity index is 2.82. The van der Waals surface area contributed by atoms with Crippen LogP contribution < -0.4 is 4.74 Å². The third kappa shape index (κ3) is 4.27. The van der Waals surface area contributed by atoms with Gasteiger partial charge in [-0.3, -0.25) is 4.79 Å². The monoisotopic (exact) mass is 256 g/mol. The van der Waals surface area contributed by atoms with E-state index in [0.29, 0.717) is 18.3 Å². The van der Waals surface area contributed by atoms with E-state index in [2.05, 4.69) is 0 Å². The van der Waals surface area contributed by atoms with Crippen LogP contribution in [-0.2, 0) is 0 Å². The average Bonchev–Trinajstić information content (AvgIpc) is 2.28. The molecule has 0 aliphatic rings. The lowest BCUT2D eigenvalue weighted by Gasteiger charge is -2.10. The Bertz CT molecular complexity index is 388. The Morgan fingerprint density at radius 2 is 2.18 bits per heavy atom. The highest BCUT2D eigenvalue weighted by atomic mass is 35.5. The van der Waals surface area contributed by atoms with Crippen LogP contribution in [0.5, 0.6) is 11.5 Å². The van der Waals surface area contributed by atoms with Gasteiger partial charge in [-0.15, -0.1) is 11.6 Å². The van der Waals surface area contributed by atoms with Crippen molar-refractivity contribution in [3.8, 4) is 11.5 Å². The second-order valence-electron chi connectivity index (χ2n) is 4.25. The van der Waals surface area contributed by atoms with Gasteiger partial charge in [-0.25, -0.2) is 0 Å². The first-order chi connectivity index (χ1) is 8.04. The molecular formula is C13H17ClO3. The van der Waals surface area contributed by atoms with Crippen LogP contribution in [0.2, 0.25) is 0 Å². The average molecular weight is 257 g/mol. The molecule has 1 N–H and O–H groups in total. The summed E-state index contributed by atoms with van der Waals surface area (Å²) in [5.74, 6) is 1.04. The predicted octanol–water partition coefficient (Wildman–Crippen LogP) is 3.24. The van der Waals surface area contributed by atoms with E-state index < -0.39 is 0 Å². The number of phenolic OH excluding ortho intramolecular Hbond substituents is 1.